The second-order valence-electron chi connectivity index (χ2n) is 11.6. The number of urea groups is 1. The van der Waals surface area contributed by atoms with Crippen LogP contribution >= 0.6 is 0 Å². The number of rotatable bonds is 9. The Morgan fingerprint density at radius 1 is 0.886 bits per heavy atom. The van der Waals surface area contributed by atoms with Crippen LogP contribution < -0.4 is 26.0 Å². The molecule has 0 saturated carbocycles. The molecular formula is C34H37N7O3. The Morgan fingerprint density at radius 2 is 1.64 bits per heavy atom. The van der Waals surface area contributed by atoms with Gasteiger partial charge < -0.3 is 20.7 Å². The van der Waals surface area contributed by atoms with Gasteiger partial charge in [0.25, 0.3) is 0 Å². The molecule has 2 aromatic heterocycles. The first-order chi connectivity index (χ1) is 21.1. The number of benzene rings is 3. The molecule has 0 unspecified atom stereocenters. The quantitative estimate of drug-likeness (QED) is 0.157. The smallest absolute Gasteiger partial charge is 0.324 e. The highest BCUT2D eigenvalue weighted by Gasteiger charge is 2.22. The molecule has 0 aliphatic heterocycles. The molecule has 0 fully saturated rings. The van der Waals surface area contributed by atoms with Crippen LogP contribution in [0.25, 0.3) is 16.5 Å². The summed E-state index contributed by atoms with van der Waals surface area (Å²) < 4.78 is 7.94. The minimum absolute atomic E-state index is 0.176. The van der Waals surface area contributed by atoms with E-state index in [0.717, 1.165) is 33.3 Å². The molecule has 10 nitrogen and oxygen atoms in total. The summed E-state index contributed by atoms with van der Waals surface area (Å²) in [6.07, 6.45) is 1.63. The average Bonchev–Trinajstić information content (AvgIpc) is 3.42. The van der Waals surface area contributed by atoms with E-state index < -0.39 is 0 Å². The minimum Gasteiger partial charge on any atom is -0.488 e. The number of carbonyl (C=O) groups excluding carboxylic acids is 2. The van der Waals surface area contributed by atoms with Crippen LogP contribution in [0.1, 0.15) is 37.6 Å². The predicted octanol–water partition coefficient (Wildman–Crippen LogP) is 6.41. The number of likely N-dealkylation sites (N-methyl/N-ethyl adjacent to an activating group) is 1. The number of pyridine rings is 1. The number of amides is 3. The Labute approximate surface area is 256 Å². The van der Waals surface area contributed by atoms with E-state index in [-0.39, 0.29) is 30.5 Å². The first kappa shape index (κ1) is 30.2. The Kier molecular flexibility index (Phi) is 8.91. The van der Waals surface area contributed by atoms with Crippen LogP contribution in [-0.2, 0) is 16.8 Å². The second kappa shape index (κ2) is 13.0. The first-order valence-electron chi connectivity index (χ1n) is 14.4. The van der Waals surface area contributed by atoms with Crippen molar-refractivity contribution >= 4 is 40.0 Å². The van der Waals surface area contributed by atoms with Crippen molar-refractivity contribution < 1.29 is 14.3 Å². The number of nitrogens with zero attached hydrogens (tertiary/aromatic N) is 3. The number of nitrogens with one attached hydrogen (secondary N) is 4. The molecular weight excluding hydrogens is 554 g/mol. The number of carbonyl (C=O) groups is 2. The molecule has 2 heterocycles. The summed E-state index contributed by atoms with van der Waals surface area (Å²) in [5.74, 6) is 1.52. The van der Waals surface area contributed by atoms with Crippen molar-refractivity contribution in [2.24, 2.45) is 0 Å². The topological polar surface area (TPSA) is 122 Å². The van der Waals surface area contributed by atoms with E-state index in [2.05, 4.69) is 47.0 Å². The number of anilines is 3. The lowest BCUT2D eigenvalue weighted by Gasteiger charge is -2.15. The summed E-state index contributed by atoms with van der Waals surface area (Å²) in [4.78, 5) is 29.5. The van der Waals surface area contributed by atoms with Gasteiger partial charge in [-0.2, -0.15) is 5.10 Å². The summed E-state index contributed by atoms with van der Waals surface area (Å²) in [5.41, 5.74) is 4.15. The van der Waals surface area contributed by atoms with Gasteiger partial charge in [0.15, 0.2) is 0 Å². The molecule has 0 radical (unpaired) electrons. The molecule has 226 valence electrons. The fourth-order valence-electron chi connectivity index (χ4n) is 4.64. The first-order valence-corrected chi connectivity index (χ1v) is 14.4. The van der Waals surface area contributed by atoms with Crippen molar-refractivity contribution in [2.45, 2.75) is 39.7 Å². The van der Waals surface area contributed by atoms with E-state index >= 15 is 0 Å². The normalized spacial score (nSPS) is 11.3. The van der Waals surface area contributed by atoms with E-state index in [0.29, 0.717) is 23.1 Å². The summed E-state index contributed by atoms with van der Waals surface area (Å²) in [5, 5.41) is 18.1. The standard InChI is InChI=1S/C34H37N7O3/c1-22-10-12-24(13-11-22)41-31(19-29(40-41)34(2,3)4)39-33(43)37-27-14-15-28(26-9-7-6-8-25(26)27)44-21-23-16-17-36-30(18-23)38-32(42)20-35-5/h6-19,35H,20-21H2,1-5H3,(H,36,38,42)(H2,37,39,43). The van der Waals surface area contributed by atoms with Crippen LogP contribution in [0.5, 0.6) is 5.75 Å². The largest absolute Gasteiger partial charge is 0.488 e. The SMILES string of the molecule is CNCC(=O)Nc1cc(COc2ccc(NC(=O)Nc3cc(C(C)(C)C)nn3-c3ccc(C)cc3)c3ccccc23)ccn1. The van der Waals surface area contributed by atoms with Gasteiger partial charge in [0.05, 0.1) is 23.6 Å². The molecule has 10 heteroatoms. The molecule has 3 amide bonds. The molecule has 0 bridgehead atoms. The maximum Gasteiger partial charge on any atom is 0.324 e. The number of hydrogen-bond acceptors (Lipinski definition) is 6. The monoisotopic (exact) mass is 591 g/mol. The third kappa shape index (κ3) is 7.22. The Hall–Kier alpha value is -5.22. The van der Waals surface area contributed by atoms with Gasteiger partial charge in [-0.3, -0.25) is 10.1 Å². The van der Waals surface area contributed by atoms with Crippen LogP contribution in [0.4, 0.5) is 22.1 Å². The van der Waals surface area contributed by atoms with Crippen LogP contribution in [0.15, 0.2) is 85.1 Å². The van der Waals surface area contributed by atoms with Crippen LogP contribution in [0, 0.1) is 6.92 Å². The molecule has 44 heavy (non-hydrogen) atoms. The van der Waals surface area contributed by atoms with Crippen molar-refractivity contribution in [1.29, 1.82) is 0 Å². The van der Waals surface area contributed by atoms with E-state index in [1.54, 1.807) is 24.0 Å². The van der Waals surface area contributed by atoms with Crippen LogP contribution in [-0.4, -0.2) is 40.3 Å². The number of hydrogen-bond donors (Lipinski definition) is 4. The molecule has 4 N–H and O–H groups in total. The summed E-state index contributed by atoms with van der Waals surface area (Å²) in [7, 11) is 1.71. The predicted molar refractivity (Wildman–Crippen MR) is 175 cm³/mol. The van der Waals surface area contributed by atoms with Crippen molar-refractivity contribution in [3.05, 3.63) is 102 Å². The molecule has 3 aromatic carbocycles. The Morgan fingerprint density at radius 3 is 2.36 bits per heavy atom. The van der Waals surface area contributed by atoms with Crippen molar-refractivity contribution in [3.8, 4) is 11.4 Å². The Bertz CT molecular complexity index is 1790. The Balaban J connectivity index is 1.33. The lowest BCUT2D eigenvalue weighted by atomic mass is 9.92. The third-order valence-electron chi connectivity index (χ3n) is 6.95. The van der Waals surface area contributed by atoms with Gasteiger partial charge in [-0.1, -0.05) is 62.7 Å². The highest BCUT2D eigenvalue weighted by molar-refractivity contribution is 6.07. The van der Waals surface area contributed by atoms with Gasteiger partial charge >= 0.3 is 6.03 Å². The maximum absolute atomic E-state index is 13.3. The van der Waals surface area contributed by atoms with Crippen molar-refractivity contribution in [1.82, 2.24) is 20.1 Å². The van der Waals surface area contributed by atoms with Gasteiger partial charge in [0, 0.05) is 28.5 Å². The van der Waals surface area contributed by atoms with Crippen LogP contribution in [0.3, 0.4) is 0 Å². The summed E-state index contributed by atoms with van der Waals surface area (Å²) >= 11 is 0. The van der Waals surface area contributed by atoms with Crippen molar-refractivity contribution in [2.75, 3.05) is 29.5 Å². The fraction of sp³-hybridized carbons (Fsp3) is 0.235. The molecule has 0 atom stereocenters. The summed E-state index contributed by atoms with van der Waals surface area (Å²) in [6, 6.07) is 24.5. The molecule has 0 aliphatic rings. The van der Waals surface area contributed by atoms with Gasteiger partial charge in [0.2, 0.25) is 5.91 Å². The second-order valence-corrected chi connectivity index (χ2v) is 11.6. The number of fused-ring (bicyclic) bond motifs is 1. The zero-order valence-electron chi connectivity index (χ0n) is 25.6. The lowest BCUT2D eigenvalue weighted by molar-refractivity contribution is -0.115. The van der Waals surface area contributed by atoms with E-state index in [9.17, 15) is 9.59 Å². The summed E-state index contributed by atoms with van der Waals surface area (Å²) in [6.45, 7) is 8.76. The van der Waals surface area contributed by atoms with Gasteiger partial charge in [0.1, 0.15) is 24.0 Å². The highest BCUT2D eigenvalue weighted by atomic mass is 16.5. The van der Waals surface area contributed by atoms with Gasteiger partial charge in [-0.25, -0.2) is 14.5 Å². The van der Waals surface area contributed by atoms with Crippen LogP contribution in [0.2, 0.25) is 0 Å². The number of aryl methyl sites for hydroxylation is 1. The van der Waals surface area contributed by atoms with E-state index in [1.807, 2.05) is 79.7 Å². The van der Waals surface area contributed by atoms with Gasteiger partial charge in [-0.05, 0) is 55.9 Å². The third-order valence-corrected chi connectivity index (χ3v) is 6.95. The lowest BCUT2D eigenvalue weighted by Crippen LogP contribution is -2.25. The number of aromatic nitrogens is 3. The molecule has 0 saturated heterocycles. The zero-order chi connectivity index (χ0) is 31.3. The molecule has 0 aliphatic carbocycles. The minimum atomic E-state index is -0.387. The van der Waals surface area contributed by atoms with Crippen molar-refractivity contribution in [3.63, 3.8) is 0 Å². The zero-order valence-corrected chi connectivity index (χ0v) is 25.6. The van der Waals surface area contributed by atoms with E-state index in [1.165, 1.54) is 0 Å². The molecule has 5 aromatic rings. The fourth-order valence-corrected chi connectivity index (χ4v) is 4.64. The highest BCUT2D eigenvalue weighted by Crippen LogP contribution is 2.33. The maximum atomic E-state index is 13.3. The molecule has 5 rings (SSSR count). The van der Waals surface area contributed by atoms with E-state index in [4.69, 9.17) is 9.84 Å². The molecule has 0 spiro atoms. The van der Waals surface area contributed by atoms with Gasteiger partial charge in [-0.15, -0.1) is 0 Å². The number of ether oxygens (including phenoxy) is 1. The average molecular weight is 592 g/mol.